The second-order valence-electron chi connectivity index (χ2n) is 6.27. The molecule has 2 aromatic rings. The van der Waals surface area contributed by atoms with Crippen molar-refractivity contribution in [3.63, 3.8) is 0 Å². The van der Waals surface area contributed by atoms with Gasteiger partial charge in [0.15, 0.2) is 0 Å². The second kappa shape index (κ2) is 9.52. The summed E-state index contributed by atoms with van der Waals surface area (Å²) in [7, 11) is 1.56. The maximum Gasteiger partial charge on any atom is 0.417 e. The summed E-state index contributed by atoms with van der Waals surface area (Å²) in [5.41, 5.74) is 2.88. The predicted octanol–water partition coefficient (Wildman–Crippen LogP) is 4.33. The molecule has 0 spiro atoms. The van der Waals surface area contributed by atoms with E-state index in [1.807, 2.05) is 54.6 Å². The Balaban J connectivity index is 1.69. The zero-order valence-electron chi connectivity index (χ0n) is 15.5. The molecule has 6 nitrogen and oxygen atoms in total. The number of likely N-dealkylation sites (tertiary alicyclic amines) is 1. The van der Waals surface area contributed by atoms with Gasteiger partial charge < -0.3 is 14.8 Å². The Hall–Kier alpha value is -2.64. The number of nitrogens with one attached hydrogen (secondary N) is 1. The van der Waals surface area contributed by atoms with Gasteiger partial charge in [0.1, 0.15) is 6.61 Å². The molecule has 1 aliphatic rings. The van der Waals surface area contributed by atoms with Crippen LogP contribution in [0.15, 0.2) is 70.3 Å². The summed E-state index contributed by atoms with van der Waals surface area (Å²) < 4.78 is 11.5. The zero-order chi connectivity index (χ0) is 19.9. The number of methoxy groups -OCH3 is 1. The molecule has 2 aromatic carbocycles. The standard InChI is InChI=1S/C21H21BrN2O4/c1-27-14-19(23-17-9-7-16(22)8-10-17)18-11-12-24(20(18)25)21(26)28-13-15-5-3-2-4-6-15/h2-10,23H,11-14H2,1H3/b19-18+. The highest BCUT2D eigenvalue weighted by atomic mass is 79.9. The van der Waals surface area contributed by atoms with Crippen LogP contribution in [0.4, 0.5) is 10.5 Å². The fraction of sp³-hybridized carbons (Fsp3) is 0.238. The molecule has 146 valence electrons. The largest absolute Gasteiger partial charge is 0.444 e. The number of benzene rings is 2. The number of amides is 2. The first kappa shape index (κ1) is 20.1. The van der Waals surface area contributed by atoms with E-state index in [0.29, 0.717) is 17.7 Å². The third-order valence-electron chi connectivity index (χ3n) is 4.31. The minimum atomic E-state index is -0.635. The Morgan fingerprint density at radius 2 is 1.86 bits per heavy atom. The molecule has 1 aliphatic heterocycles. The van der Waals surface area contributed by atoms with Crippen LogP contribution >= 0.6 is 15.9 Å². The molecule has 2 amide bonds. The van der Waals surface area contributed by atoms with Crippen LogP contribution in [0.5, 0.6) is 0 Å². The van der Waals surface area contributed by atoms with E-state index < -0.39 is 6.09 Å². The smallest absolute Gasteiger partial charge is 0.417 e. The van der Waals surface area contributed by atoms with Gasteiger partial charge in [0, 0.05) is 29.4 Å². The van der Waals surface area contributed by atoms with Gasteiger partial charge in [-0.15, -0.1) is 0 Å². The van der Waals surface area contributed by atoms with Crippen LogP contribution in [0.1, 0.15) is 12.0 Å². The number of hydrogen-bond acceptors (Lipinski definition) is 5. The number of imide groups is 1. The Kier molecular flexibility index (Phi) is 6.84. The van der Waals surface area contributed by atoms with Crippen molar-refractivity contribution in [3.05, 3.63) is 75.9 Å². The molecule has 0 bridgehead atoms. The van der Waals surface area contributed by atoms with Crippen molar-refractivity contribution >= 4 is 33.6 Å². The van der Waals surface area contributed by atoms with Gasteiger partial charge in [-0.2, -0.15) is 0 Å². The summed E-state index contributed by atoms with van der Waals surface area (Å²) >= 11 is 3.40. The van der Waals surface area contributed by atoms with Gasteiger partial charge in [-0.05, 0) is 36.2 Å². The highest BCUT2D eigenvalue weighted by Crippen LogP contribution is 2.24. The third kappa shape index (κ3) is 4.99. The molecule has 1 heterocycles. The van der Waals surface area contributed by atoms with Crippen LogP contribution in [0.2, 0.25) is 0 Å². The Morgan fingerprint density at radius 3 is 2.54 bits per heavy atom. The second-order valence-corrected chi connectivity index (χ2v) is 7.18. The monoisotopic (exact) mass is 444 g/mol. The number of carbonyl (C=O) groups is 2. The molecular formula is C21H21BrN2O4. The summed E-state index contributed by atoms with van der Waals surface area (Å²) in [6.07, 6.45) is -0.189. The molecule has 28 heavy (non-hydrogen) atoms. The highest BCUT2D eigenvalue weighted by Gasteiger charge is 2.34. The number of anilines is 1. The molecule has 0 unspecified atom stereocenters. The lowest BCUT2D eigenvalue weighted by atomic mass is 10.1. The first-order chi connectivity index (χ1) is 13.6. The first-order valence-electron chi connectivity index (χ1n) is 8.84. The lowest BCUT2D eigenvalue weighted by molar-refractivity contribution is -0.123. The third-order valence-corrected chi connectivity index (χ3v) is 4.84. The van der Waals surface area contributed by atoms with E-state index in [4.69, 9.17) is 9.47 Å². The molecule has 7 heteroatoms. The number of hydrogen-bond donors (Lipinski definition) is 1. The number of carbonyl (C=O) groups excluding carboxylic acids is 2. The minimum Gasteiger partial charge on any atom is -0.444 e. The molecule has 0 saturated carbocycles. The van der Waals surface area contributed by atoms with Gasteiger partial charge in [-0.25, -0.2) is 9.69 Å². The van der Waals surface area contributed by atoms with Crippen LogP contribution in [0, 0.1) is 0 Å². The Morgan fingerprint density at radius 1 is 1.14 bits per heavy atom. The fourth-order valence-electron chi connectivity index (χ4n) is 2.90. The van der Waals surface area contributed by atoms with Gasteiger partial charge in [0.2, 0.25) is 0 Å². The van der Waals surface area contributed by atoms with E-state index >= 15 is 0 Å². The molecule has 0 radical (unpaired) electrons. The molecule has 1 N–H and O–H groups in total. The summed E-state index contributed by atoms with van der Waals surface area (Å²) in [5.74, 6) is -0.352. The van der Waals surface area contributed by atoms with Gasteiger partial charge in [0.25, 0.3) is 5.91 Å². The average molecular weight is 445 g/mol. The van der Waals surface area contributed by atoms with Crippen molar-refractivity contribution in [1.82, 2.24) is 4.90 Å². The zero-order valence-corrected chi connectivity index (χ0v) is 17.1. The van der Waals surface area contributed by atoms with Crippen molar-refractivity contribution < 1.29 is 19.1 Å². The fourth-order valence-corrected chi connectivity index (χ4v) is 3.16. The molecule has 0 atom stereocenters. The maximum absolute atomic E-state index is 12.8. The molecule has 1 saturated heterocycles. The lowest BCUT2D eigenvalue weighted by Gasteiger charge is -2.15. The molecular weight excluding hydrogens is 424 g/mol. The average Bonchev–Trinajstić information content (AvgIpc) is 3.09. The van der Waals surface area contributed by atoms with Crippen molar-refractivity contribution in [2.75, 3.05) is 25.6 Å². The van der Waals surface area contributed by atoms with E-state index in [9.17, 15) is 9.59 Å². The maximum atomic E-state index is 12.8. The predicted molar refractivity (Wildman–Crippen MR) is 110 cm³/mol. The van der Waals surface area contributed by atoms with Crippen LogP contribution < -0.4 is 5.32 Å². The number of nitrogens with zero attached hydrogens (tertiary/aromatic N) is 1. The molecule has 1 fully saturated rings. The van der Waals surface area contributed by atoms with Gasteiger partial charge in [-0.3, -0.25) is 4.79 Å². The van der Waals surface area contributed by atoms with Gasteiger partial charge >= 0.3 is 6.09 Å². The van der Waals surface area contributed by atoms with Crippen molar-refractivity contribution in [1.29, 1.82) is 0 Å². The van der Waals surface area contributed by atoms with Crippen LogP contribution in [0.3, 0.4) is 0 Å². The SMILES string of the molecule is COC/C(Nc1ccc(Br)cc1)=C1/CCN(C(=O)OCc2ccccc2)C1=O. The van der Waals surface area contributed by atoms with E-state index in [-0.39, 0.29) is 25.7 Å². The Labute approximate surface area is 172 Å². The van der Waals surface area contributed by atoms with E-state index in [1.165, 1.54) is 0 Å². The van der Waals surface area contributed by atoms with Gasteiger partial charge in [0.05, 0.1) is 12.3 Å². The summed E-state index contributed by atoms with van der Waals surface area (Å²) in [4.78, 5) is 26.3. The first-order valence-corrected chi connectivity index (χ1v) is 9.64. The van der Waals surface area contributed by atoms with Crippen molar-refractivity contribution in [3.8, 4) is 0 Å². The van der Waals surface area contributed by atoms with Crippen LogP contribution in [-0.4, -0.2) is 37.2 Å². The van der Waals surface area contributed by atoms with E-state index in [2.05, 4.69) is 21.2 Å². The normalized spacial score (nSPS) is 15.5. The quantitative estimate of drug-likeness (QED) is 0.671. The van der Waals surface area contributed by atoms with Crippen LogP contribution in [0.25, 0.3) is 0 Å². The van der Waals surface area contributed by atoms with Crippen molar-refractivity contribution in [2.45, 2.75) is 13.0 Å². The van der Waals surface area contributed by atoms with Gasteiger partial charge in [-0.1, -0.05) is 46.3 Å². The lowest BCUT2D eigenvalue weighted by Crippen LogP contribution is -2.33. The Bertz CT molecular complexity index is 866. The molecule has 0 aliphatic carbocycles. The summed E-state index contributed by atoms with van der Waals surface area (Å²) in [6, 6.07) is 17.0. The molecule has 3 rings (SSSR count). The number of halogens is 1. The number of ether oxygens (including phenoxy) is 2. The van der Waals surface area contributed by atoms with Crippen molar-refractivity contribution in [2.24, 2.45) is 0 Å². The number of rotatable bonds is 6. The molecule has 0 aromatic heterocycles. The summed E-state index contributed by atoms with van der Waals surface area (Å²) in [5, 5.41) is 3.23. The highest BCUT2D eigenvalue weighted by molar-refractivity contribution is 9.10. The van der Waals surface area contributed by atoms with Crippen LogP contribution in [-0.2, 0) is 20.9 Å². The van der Waals surface area contributed by atoms with E-state index in [0.717, 1.165) is 20.6 Å². The summed E-state index contributed by atoms with van der Waals surface area (Å²) in [6.45, 7) is 0.658. The minimum absolute atomic E-state index is 0.130. The van der Waals surface area contributed by atoms with E-state index in [1.54, 1.807) is 7.11 Å². The topological polar surface area (TPSA) is 67.9 Å².